The molecule has 2 aliphatic rings. The standard InChI is InChI=1S/C38H41N3O8/c1-2-49-32(42)21-39-38(47)35(44)31(23-48-22-25-14-7-4-8-15-25)41-37(46)30(20-24-12-5-3-6-13-24)40-36(45)29-19-11-18-28-33(29)26-16-9-10-17-27(26)34(28)43/h4,7-11,14-19,24,30-31H,2-3,5-6,12-13,20-23H2,1H3,(H,39,47)(H,40,45)(H,41,46)/t30-,31-/m0/s1. The quantitative estimate of drug-likeness (QED) is 0.127. The van der Waals surface area contributed by atoms with E-state index in [4.69, 9.17) is 9.47 Å². The Labute approximate surface area is 285 Å². The summed E-state index contributed by atoms with van der Waals surface area (Å²) >= 11 is 0. The van der Waals surface area contributed by atoms with E-state index in [1.807, 2.05) is 30.3 Å². The second-order valence-corrected chi connectivity index (χ2v) is 12.3. The van der Waals surface area contributed by atoms with Crippen molar-refractivity contribution in [3.8, 4) is 11.1 Å². The molecule has 0 bridgehead atoms. The molecule has 0 heterocycles. The highest BCUT2D eigenvalue weighted by atomic mass is 16.5. The van der Waals surface area contributed by atoms with Crippen LogP contribution in [-0.4, -0.2) is 67.1 Å². The van der Waals surface area contributed by atoms with Crippen LogP contribution in [0.15, 0.2) is 72.8 Å². The first-order chi connectivity index (χ1) is 23.8. The van der Waals surface area contributed by atoms with Gasteiger partial charge in [-0.3, -0.25) is 28.8 Å². The molecule has 2 aliphatic carbocycles. The molecule has 0 aliphatic heterocycles. The van der Waals surface area contributed by atoms with Crippen LogP contribution in [-0.2, 0) is 35.3 Å². The Morgan fingerprint density at radius 3 is 2.22 bits per heavy atom. The van der Waals surface area contributed by atoms with Crippen molar-refractivity contribution in [2.75, 3.05) is 19.8 Å². The lowest BCUT2D eigenvalue weighted by atomic mass is 9.84. The van der Waals surface area contributed by atoms with Crippen molar-refractivity contribution in [3.05, 3.63) is 95.1 Å². The molecule has 1 saturated carbocycles. The Morgan fingerprint density at radius 1 is 0.796 bits per heavy atom. The molecule has 0 radical (unpaired) electrons. The lowest BCUT2D eigenvalue weighted by Gasteiger charge is -2.28. The number of carbonyl (C=O) groups excluding carboxylic acids is 6. The number of ether oxygens (including phenoxy) is 2. The first-order valence-electron chi connectivity index (χ1n) is 16.7. The zero-order valence-electron chi connectivity index (χ0n) is 27.5. The normalized spacial score (nSPS) is 14.9. The fraction of sp³-hybridized carbons (Fsp3) is 0.368. The lowest BCUT2D eigenvalue weighted by Crippen LogP contribution is -2.56. The summed E-state index contributed by atoms with van der Waals surface area (Å²) in [6.45, 7) is 0.995. The fourth-order valence-electron chi connectivity index (χ4n) is 6.42. The van der Waals surface area contributed by atoms with Gasteiger partial charge in [0.25, 0.3) is 11.8 Å². The molecule has 1 fully saturated rings. The Balaban J connectivity index is 1.36. The number of Topliss-reactive ketones (excluding diaryl/α,β-unsaturated/α-hetero) is 1. The largest absolute Gasteiger partial charge is 0.465 e. The van der Waals surface area contributed by atoms with Crippen molar-refractivity contribution in [1.82, 2.24) is 16.0 Å². The van der Waals surface area contributed by atoms with Gasteiger partial charge in [-0.1, -0.05) is 98.8 Å². The fourth-order valence-corrected chi connectivity index (χ4v) is 6.42. The van der Waals surface area contributed by atoms with Gasteiger partial charge in [-0.15, -0.1) is 0 Å². The molecule has 3 aromatic carbocycles. The molecule has 256 valence electrons. The van der Waals surface area contributed by atoms with E-state index >= 15 is 0 Å². The predicted molar refractivity (Wildman–Crippen MR) is 180 cm³/mol. The summed E-state index contributed by atoms with van der Waals surface area (Å²) in [6.07, 6.45) is 5.21. The molecule has 3 aromatic rings. The molecule has 11 heteroatoms. The highest BCUT2D eigenvalue weighted by molar-refractivity contribution is 6.38. The van der Waals surface area contributed by atoms with Crippen molar-refractivity contribution < 1.29 is 38.2 Å². The molecule has 2 atom stereocenters. The molecule has 11 nitrogen and oxygen atoms in total. The summed E-state index contributed by atoms with van der Waals surface area (Å²) in [5.74, 6) is -4.01. The van der Waals surface area contributed by atoms with Gasteiger partial charge in [0.2, 0.25) is 11.7 Å². The highest BCUT2D eigenvalue weighted by Crippen LogP contribution is 2.39. The molecular weight excluding hydrogens is 626 g/mol. The number of nitrogens with one attached hydrogen (secondary N) is 3. The van der Waals surface area contributed by atoms with Crippen LogP contribution in [0.25, 0.3) is 11.1 Å². The van der Waals surface area contributed by atoms with Crippen molar-refractivity contribution in [2.24, 2.45) is 5.92 Å². The third kappa shape index (κ3) is 8.85. The van der Waals surface area contributed by atoms with Crippen LogP contribution >= 0.6 is 0 Å². The number of carbonyl (C=O) groups is 6. The molecule has 0 unspecified atom stereocenters. The van der Waals surface area contributed by atoms with E-state index in [-0.39, 0.29) is 37.1 Å². The van der Waals surface area contributed by atoms with Crippen molar-refractivity contribution in [1.29, 1.82) is 0 Å². The first kappa shape index (κ1) is 35.2. The summed E-state index contributed by atoms with van der Waals surface area (Å²) in [5, 5.41) is 7.79. The molecule has 0 spiro atoms. The molecule has 0 saturated heterocycles. The third-order valence-electron chi connectivity index (χ3n) is 8.86. The van der Waals surface area contributed by atoms with Crippen molar-refractivity contribution in [2.45, 2.75) is 64.1 Å². The summed E-state index contributed by atoms with van der Waals surface area (Å²) < 4.78 is 10.6. The maximum atomic E-state index is 14.0. The average molecular weight is 668 g/mol. The minimum atomic E-state index is -1.41. The number of rotatable bonds is 15. The number of ketones is 2. The van der Waals surface area contributed by atoms with Crippen LogP contribution in [0.4, 0.5) is 0 Å². The second kappa shape index (κ2) is 16.8. The van der Waals surface area contributed by atoms with Crippen LogP contribution < -0.4 is 16.0 Å². The van der Waals surface area contributed by atoms with Gasteiger partial charge in [0.15, 0.2) is 5.78 Å². The number of hydrogen-bond acceptors (Lipinski definition) is 8. The number of amides is 3. The van der Waals surface area contributed by atoms with Crippen LogP contribution in [0.2, 0.25) is 0 Å². The maximum Gasteiger partial charge on any atom is 0.325 e. The third-order valence-corrected chi connectivity index (χ3v) is 8.86. The summed E-state index contributed by atoms with van der Waals surface area (Å²) in [6, 6.07) is 18.8. The van der Waals surface area contributed by atoms with E-state index in [1.54, 1.807) is 49.4 Å². The van der Waals surface area contributed by atoms with Gasteiger partial charge in [0.1, 0.15) is 18.6 Å². The first-order valence-corrected chi connectivity index (χ1v) is 16.7. The van der Waals surface area contributed by atoms with E-state index in [0.717, 1.165) is 37.7 Å². The Kier molecular flexibility index (Phi) is 12.0. The molecular formula is C38H41N3O8. The van der Waals surface area contributed by atoms with E-state index in [0.29, 0.717) is 28.7 Å². The van der Waals surface area contributed by atoms with Crippen LogP contribution in [0, 0.1) is 5.92 Å². The molecule has 5 rings (SSSR count). The minimum Gasteiger partial charge on any atom is -0.465 e. The zero-order valence-corrected chi connectivity index (χ0v) is 27.5. The van der Waals surface area contributed by atoms with Crippen LogP contribution in [0.1, 0.15) is 77.3 Å². The Morgan fingerprint density at radius 2 is 1.49 bits per heavy atom. The van der Waals surface area contributed by atoms with E-state index in [1.165, 1.54) is 0 Å². The molecule has 3 N–H and O–H groups in total. The maximum absolute atomic E-state index is 14.0. The van der Waals surface area contributed by atoms with Gasteiger partial charge in [-0.25, -0.2) is 0 Å². The van der Waals surface area contributed by atoms with Gasteiger partial charge >= 0.3 is 5.97 Å². The van der Waals surface area contributed by atoms with E-state index in [9.17, 15) is 28.8 Å². The minimum absolute atomic E-state index is 0.108. The van der Waals surface area contributed by atoms with Gasteiger partial charge in [0.05, 0.1) is 19.8 Å². The topological polar surface area (TPSA) is 157 Å². The second-order valence-electron chi connectivity index (χ2n) is 12.3. The number of esters is 1. The highest BCUT2D eigenvalue weighted by Gasteiger charge is 2.35. The number of fused-ring (bicyclic) bond motifs is 3. The molecule has 0 aromatic heterocycles. The van der Waals surface area contributed by atoms with Crippen LogP contribution in [0.5, 0.6) is 0 Å². The zero-order chi connectivity index (χ0) is 34.8. The van der Waals surface area contributed by atoms with Crippen molar-refractivity contribution in [3.63, 3.8) is 0 Å². The Hall–Kier alpha value is -5.16. The van der Waals surface area contributed by atoms with Gasteiger partial charge in [-0.2, -0.15) is 0 Å². The summed E-state index contributed by atoms with van der Waals surface area (Å²) in [5.41, 5.74) is 3.17. The Bertz CT molecular complexity index is 1700. The van der Waals surface area contributed by atoms with Crippen molar-refractivity contribution >= 4 is 35.3 Å². The number of benzene rings is 3. The van der Waals surface area contributed by atoms with E-state index in [2.05, 4.69) is 16.0 Å². The average Bonchev–Trinajstić information content (AvgIpc) is 3.42. The van der Waals surface area contributed by atoms with Crippen LogP contribution in [0.3, 0.4) is 0 Å². The lowest BCUT2D eigenvalue weighted by molar-refractivity contribution is -0.146. The predicted octanol–water partition coefficient (Wildman–Crippen LogP) is 3.92. The van der Waals surface area contributed by atoms with Gasteiger partial charge in [-0.05, 0) is 36.5 Å². The van der Waals surface area contributed by atoms with E-state index < -0.39 is 48.1 Å². The SMILES string of the molecule is CCOC(=O)CNC(=O)C(=O)[C@H](COCc1ccccc1)NC(=O)[C@H](CC1CCCCC1)NC(=O)c1cccc2c1-c1ccccc1C2=O. The smallest absolute Gasteiger partial charge is 0.325 e. The molecule has 3 amide bonds. The monoisotopic (exact) mass is 667 g/mol. The summed E-state index contributed by atoms with van der Waals surface area (Å²) in [7, 11) is 0. The van der Waals surface area contributed by atoms with Gasteiger partial charge in [0, 0.05) is 22.3 Å². The van der Waals surface area contributed by atoms with Gasteiger partial charge < -0.3 is 25.4 Å². The number of hydrogen-bond donors (Lipinski definition) is 3. The summed E-state index contributed by atoms with van der Waals surface area (Å²) in [4.78, 5) is 79.0. The molecule has 49 heavy (non-hydrogen) atoms.